The number of carbonyl (C=O) groups excluding carboxylic acids is 8. The van der Waals surface area contributed by atoms with Gasteiger partial charge in [-0.25, -0.2) is 9.78 Å². The topological polar surface area (TPSA) is 374 Å². The summed E-state index contributed by atoms with van der Waals surface area (Å²) in [7, 11) is 3.08. The zero-order valence-corrected chi connectivity index (χ0v) is 67.9. The van der Waals surface area contributed by atoms with E-state index >= 15 is 0 Å². The second kappa shape index (κ2) is 51.5. The quantitative estimate of drug-likeness (QED) is 0.0182. The minimum atomic E-state index is -0.832. The molecule has 1 saturated carbocycles. The number of imide groups is 1. The van der Waals surface area contributed by atoms with Crippen molar-refractivity contribution >= 4 is 63.8 Å². The summed E-state index contributed by atoms with van der Waals surface area (Å²) in [6.07, 6.45) is 12.6. The molecule has 1 saturated heterocycles. The van der Waals surface area contributed by atoms with Crippen molar-refractivity contribution in [2.24, 2.45) is 36.5 Å². The van der Waals surface area contributed by atoms with Gasteiger partial charge in [-0.3, -0.25) is 47.9 Å². The lowest BCUT2D eigenvalue weighted by Crippen LogP contribution is -2.42. The summed E-state index contributed by atoms with van der Waals surface area (Å²) >= 11 is 0. The van der Waals surface area contributed by atoms with Crippen LogP contribution in [0.1, 0.15) is 172 Å². The monoisotopic (exact) mass is 1580 g/mol. The number of aromatic nitrogens is 5. The summed E-state index contributed by atoms with van der Waals surface area (Å²) in [5, 5.41) is 21.6. The van der Waals surface area contributed by atoms with Gasteiger partial charge in [-0.1, -0.05) is 65.3 Å². The van der Waals surface area contributed by atoms with Gasteiger partial charge in [0.1, 0.15) is 38.0 Å². The van der Waals surface area contributed by atoms with Crippen LogP contribution in [0.4, 0.5) is 10.5 Å². The number of amides is 3. The van der Waals surface area contributed by atoms with Crippen LogP contribution in [0.5, 0.6) is 5.75 Å². The van der Waals surface area contributed by atoms with E-state index < -0.39 is 11.6 Å². The molecule has 113 heavy (non-hydrogen) atoms. The first-order chi connectivity index (χ1) is 54.6. The SMILES string of the molecule is CC1CC(=O)N(CC2CCC(C(=O)CCc3cn(C)nn3)CC2)C1=O.CCCOCCOCCOCCOCCOCCOCCOCCOCCCC(=O)COCC(=O)CC.CCc1c2c(nc3ccc(O)cc13)-c1cc3c(c(=O)n1C2)COC(=O)C3(C)CC.COC(=O)OCc1ccc(NC(=O)C(C)CCCCN)cc1. The van der Waals surface area contributed by atoms with Crippen LogP contribution in [-0.4, -0.2) is 221 Å². The van der Waals surface area contributed by atoms with Gasteiger partial charge in [0.2, 0.25) is 17.7 Å². The molecule has 3 aliphatic heterocycles. The third kappa shape index (κ3) is 31.4. The van der Waals surface area contributed by atoms with Gasteiger partial charge in [-0.15, -0.1) is 5.10 Å². The molecule has 9 rings (SSSR count). The Morgan fingerprint density at radius 2 is 1.33 bits per heavy atom. The van der Waals surface area contributed by atoms with Gasteiger partial charge in [0, 0.05) is 99.5 Å². The number of likely N-dealkylation sites (tertiary alicyclic amines) is 1. The van der Waals surface area contributed by atoms with E-state index in [1.54, 1.807) is 58.6 Å². The highest BCUT2D eigenvalue weighted by Gasteiger charge is 2.44. The molecule has 30 heteroatoms. The molecule has 0 radical (unpaired) electrons. The number of nitrogens with one attached hydrogen (secondary N) is 1. The Morgan fingerprint density at radius 1 is 0.726 bits per heavy atom. The summed E-state index contributed by atoms with van der Waals surface area (Å²) in [5.74, 6) is 0.325. The Balaban J connectivity index is 0.000000239. The van der Waals surface area contributed by atoms with Gasteiger partial charge in [0.05, 0.1) is 140 Å². The zero-order valence-electron chi connectivity index (χ0n) is 67.9. The maximum absolute atomic E-state index is 13.3. The average Bonchev–Trinajstić information content (AvgIpc) is 1.56. The summed E-state index contributed by atoms with van der Waals surface area (Å²) in [6.45, 7) is 23.7. The second-order valence-electron chi connectivity index (χ2n) is 28.6. The number of rotatable bonds is 48. The van der Waals surface area contributed by atoms with E-state index in [-0.39, 0.29) is 90.7 Å². The highest BCUT2D eigenvalue weighted by molar-refractivity contribution is 6.03. The van der Waals surface area contributed by atoms with E-state index in [4.69, 9.17) is 62.8 Å². The second-order valence-corrected chi connectivity index (χ2v) is 28.6. The molecule has 2 aromatic carbocycles. The van der Waals surface area contributed by atoms with Crippen LogP contribution >= 0.6 is 0 Å². The van der Waals surface area contributed by atoms with Crippen LogP contribution < -0.4 is 16.6 Å². The molecular weight excluding hydrogens is 1460 g/mol. The number of Topliss-reactive ketones (excluding diaryl/α,β-unsaturated/α-hetero) is 3. The number of cyclic esters (lactones) is 1. The Hall–Kier alpha value is -8.30. The van der Waals surface area contributed by atoms with Gasteiger partial charge in [-0.05, 0) is 137 Å². The number of hydrogen-bond acceptors (Lipinski definition) is 26. The number of benzene rings is 2. The average molecular weight is 1580 g/mol. The number of aryl methyl sites for hydroxylation is 3. The number of nitrogens with zero attached hydrogens (tertiary/aromatic N) is 6. The first-order valence-corrected chi connectivity index (χ1v) is 39.9. The van der Waals surface area contributed by atoms with Crippen molar-refractivity contribution in [2.75, 3.05) is 144 Å². The number of phenols is 1. The number of unbranched alkanes of at least 4 members (excludes halogenated alkanes) is 1. The van der Waals surface area contributed by atoms with Gasteiger partial charge >= 0.3 is 12.1 Å². The fourth-order valence-corrected chi connectivity index (χ4v) is 13.1. The van der Waals surface area contributed by atoms with Crippen molar-refractivity contribution in [3.05, 3.63) is 98.6 Å². The normalized spacial score (nSPS) is 17.0. The van der Waals surface area contributed by atoms with Crippen molar-refractivity contribution in [1.82, 2.24) is 29.4 Å². The van der Waals surface area contributed by atoms with Gasteiger partial charge in [0.25, 0.3) is 5.56 Å². The molecule has 3 amide bonds. The Morgan fingerprint density at radius 3 is 1.87 bits per heavy atom. The first kappa shape index (κ1) is 93.6. The number of aromatic hydroxyl groups is 1. The van der Waals surface area contributed by atoms with Crippen molar-refractivity contribution in [2.45, 2.75) is 176 Å². The number of nitrogens with two attached hydrogens (primary N) is 1. The molecule has 1 aliphatic carbocycles. The molecule has 4 aliphatic rings. The van der Waals surface area contributed by atoms with E-state index in [0.717, 1.165) is 120 Å². The summed E-state index contributed by atoms with van der Waals surface area (Å²) in [6, 6.07) is 14.3. The number of esters is 1. The molecule has 3 atom stereocenters. The van der Waals surface area contributed by atoms with Crippen molar-refractivity contribution in [3.8, 4) is 17.1 Å². The Kier molecular flexibility index (Phi) is 42.7. The predicted molar refractivity (Wildman–Crippen MR) is 421 cm³/mol. The fraction of sp³-hybridized carbons (Fsp3) is 0.639. The Labute approximate surface area is 663 Å². The zero-order chi connectivity index (χ0) is 81.9. The molecule has 4 N–H and O–H groups in total. The number of ketones is 3. The maximum atomic E-state index is 13.3. The molecule has 6 heterocycles. The number of methoxy groups -OCH3 is 1. The van der Waals surface area contributed by atoms with E-state index in [1.807, 2.05) is 47.0 Å². The summed E-state index contributed by atoms with van der Waals surface area (Å²) < 4.78 is 66.3. The number of phenolic OH excluding ortho intramolecular Hbond substituents is 1. The van der Waals surface area contributed by atoms with Crippen LogP contribution in [0.25, 0.3) is 22.3 Å². The largest absolute Gasteiger partial charge is 0.508 e. The minimum absolute atomic E-state index is 0.00363. The molecular formula is C83H122N8O22. The first-order valence-electron chi connectivity index (χ1n) is 39.9. The predicted octanol–water partition coefficient (Wildman–Crippen LogP) is 9.48. The van der Waals surface area contributed by atoms with E-state index in [2.05, 4.69) is 34.2 Å². The third-order valence-electron chi connectivity index (χ3n) is 20.0. The van der Waals surface area contributed by atoms with Gasteiger partial charge in [0.15, 0.2) is 11.6 Å². The van der Waals surface area contributed by atoms with Gasteiger partial charge in [-0.2, -0.15) is 0 Å². The highest BCUT2D eigenvalue weighted by Crippen LogP contribution is 2.42. The lowest BCUT2D eigenvalue weighted by Gasteiger charge is -2.33. The van der Waals surface area contributed by atoms with Crippen molar-refractivity contribution < 1.29 is 100 Å². The van der Waals surface area contributed by atoms with Crippen LogP contribution in [0.2, 0.25) is 0 Å². The number of fused-ring (bicyclic) bond motifs is 5. The smallest absolute Gasteiger partial charge is 0.508 e. The van der Waals surface area contributed by atoms with Crippen LogP contribution in [0.15, 0.2) is 59.5 Å². The molecule has 3 unspecified atom stereocenters. The summed E-state index contributed by atoms with van der Waals surface area (Å²) in [4.78, 5) is 114. The molecule has 3 aromatic heterocycles. The van der Waals surface area contributed by atoms with Crippen LogP contribution in [-0.2, 0) is 135 Å². The van der Waals surface area contributed by atoms with Crippen LogP contribution in [0.3, 0.4) is 0 Å². The van der Waals surface area contributed by atoms with E-state index in [9.17, 15) is 48.3 Å². The lowest BCUT2D eigenvalue weighted by molar-refractivity contribution is -0.153. The number of hydrogen-bond donors (Lipinski definition) is 3. The molecule has 0 spiro atoms. The third-order valence-corrected chi connectivity index (χ3v) is 20.0. The Bertz CT molecular complexity index is 3840. The molecule has 2 fully saturated rings. The molecule has 0 bridgehead atoms. The molecule has 626 valence electrons. The fourth-order valence-electron chi connectivity index (χ4n) is 13.1. The number of carbonyl (C=O) groups is 8. The van der Waals surface area contributed by atoms with Crippen LogP contribution in [0, 0.1) is 23.7 Å². The van der Waals surface area contributed by atoms with E-state index in [1.165, 1.54) is 12.0 Å². The highest BCUT2D eigenvalue weighted by atomic mass is 16.7. The standard InChI is InChI=1S/C26H50O11.C23H22N2O4.C18H26N4O3.C16H24N2O4/c1-3-7-29-9-11-31-13-15-33-17-19-35-21-22-36-20-18-34-16-14-32-12-10-30-8-5-6-26(28)24-37-23-25(27)4-2;1-4-13-14-8-12(26)6-7-18(14)24-20-15(13)10-25-19(20)9-17-16(21(25)27)11-29-22(28)23(17,3)5-2;1-12-9-17(24)22(18(12)25)10-13-3-5-14(6-4-13)16(23)8-7-15-11-21(2)20-19-15;1-12(5-3-4-10-17)15(19)18-14-8-6-13(7-9-14)11-22-16(20)21-2/h3-24H2,1-2H3;6-9,26H,4-5,10-11H2,1-3H3;11-14H,3-10H2,1-2H3;6-9,12H,3-5,10-11,17H2,1-2H3,(H,18,19). The number of pyridine rings is 2. The molecule has 5 aromatic rings. The minimum Gasteiger partial charge on any atom is -0.508 e. The van der Waals surface area contributed by atoms with E-state index in [0.29, 0.717) is 181 Å². The van der Waals surface area contributed by atoms with Gasteiger partial charge < -0.3 is 77.6 Å². The molecule has 30 nitrogen and oxygen atoms in total. The lowest BCUT2D eigenvalue weighted by atomic mass is 9.76. The summed E-state index contributed by atoms with van der Waals surface area (Å²) in [5.41, 5.74) is 12.6. The number of ether oxygens (including phenoxy) is 12. The van der Waals surface area contributed by atoms with Crippen molar-refractivity contribution in [3.63, 3.8) is 0 Å². The van der Waals surface area contributed by atoms with Crippen molar-refractivity contribution in [1.29, 1.82) is 0 Å². The maximum Gasteiger partial charge on any atom is 0.508 e. The number of anilines is 1.